The van der Waals surface area contributed by atoms with Crippen LogP contribution in [0.4, 0.5) is 5.69 Å². The fraction of sp³-hybridized carbons (Fsp3) is 0.188. The van der Waals surface area contributed by atoms with Crippen molar-refractivity contribution in [3.05, 3.63) is 62.7 Å². The van der Waals surface area contributed by atoms with Crippen LogP contribution in [0, 0.1) is 3.57 Å². The second-order valence-electron chi connectivity index (χ2n) is 4.73. The van der Waals surface area contributed by atoms with Crippen LogP contribution in [-0.4, -0.2) is 5.91 Å². The van der Waals surface area contributed by atoms with E-state index in [9.17, 15) is 4.79 Å². The lowest BCUT2D eigenvalue weighted by Crippen LogP contribution is -2.17. The van der Waals surface area contributed by atoms with Crippen LogP contribution in [0.2, 0.25) is 5.02 Å². The summed E-state index contributed by atoms with van der Waals surface area (Å²) < 4.78 is 0.917. The van der Waals surface area contributed by atoms with E-state index in [2.05, 4.69) is 27.9 Å². The SMILES string of the molecule is NC(CCC(=O)Nc1ccc(Cl)cc1I)c1ccccc1. The summed E-state index contributed by atoms with van der Waals surface area (Å²) >= 11 is 8.04. The quantitative estimate of drug-likeness (QED) is 0.714. The first-order valence-electron chi connectivity index (χ1n) is 6.61. The molecule has 1 amide bonds. The summed E-state index contributed by atoms with van der Waals surface area (Å²) in [5.74, 6) is -0.0402. The van der Waals surface area contributed by atoms with Gasteiger partial charge in [0.15, 0.2) is 0 Å². The van der Waals surface area contributed by atoms with E-state index in [1.54, 1.807) is 12.1 Å². The molecule has 0 saturated carbocycles. The highest BCUT2D eigenvalue weighted by molar-refractivity contribution is 14.1. The Bertz CT molecular complexity index is 619. The molecule has 0 heterocycles. The zero-order valence-corrected chi connectivity index (χ0v) is 14.3. The number of nitrogens with two attached hydrogens (primary N) is 1. The smallest absolute Gasteiger partial charge is 0.224 e. The van der Waals surface area contributed by atoms with Crippen LogP contribution in [0.15, 0.2) is 48.5 Å². The van der Waals surface area contributed by atoms with Crippen molar-refractivity contribution in [2.75, 3.05) is 5.32 Å². The van der Waals surface area contributed by atoms with E-state index in [0.29, 0.717) is 17.9 Å². The van der Waals surface area contributed by atoms with E-state index in [-0.39, 0.29) is 11.9 Å². The fourth-order valence-corrected chi connectivity index (χ4v) is 2.96. The molecule has 2 aromatic carbocycles. The van der Waals surface area contributed by atoms with Gasteiger partial charge in [0.2, 0.25) is 5.91 Å². The molecule has 2 rings (SSSR count). The number of halogens is 2. The summed E-state index contributed by atoms with van der Waals surface area (Å²) in [5, 5.41) is 3.54. The molecular formula is C16H16ClIN2O. The van der Waals surface area contributed by atoms with Gasteiger partial charge in [-0.15, -0.1) is 0 Å². The summed E-state index contributed by atoms with van der Waals surface area (Å²) in [7, 11) is 0. The third kappa shape index (κ3) is 4.98. The van der Waals surface area contributed by atoms with Gasteiger partial charge in [-0.25, -0.2) is 0 Å². The van der Waals surface area contributed by atoms with Crippen LogP contribution in [0.5, 0.6) is 0 Å². The molecule has 21 heavy (non-hydrogen) atoms. The maximum absolute atomic E-state index is 12.0. The third-order valence-electron chi connectivity index (χ3n) is 3.12. The third-order valence-corrected chi connectivity index (χ3v) is 4.24. The van der Waals surface area contributed by atoms with Crippen LogP contribution in [0.1, 0.15) is 24.4 Å². The van der Waals surface area contributed by atoms with Gasteiger partial charge in [-0.2, -0.15) is 0 Å². The largest absolute Gasteiger partial charge is 0.325 e. The molecule has 1 atom stereocenters. The van der Waals surface area contributed by atoms with Crippen molar-refractivity contribution in [1.82, 2.24) is 0 Å². The lowest BCUT2D eigenvalue weighted by atomic mass is 10.0. The molecule has 5 heteroatoms. The van der Waals surface area contributed by atoms with Crippen molar-refractivity contribution < 1.29 is 4.79 Å². The van der Waals surface area contributed by atoms with Crippen molar-refractivity contribution in [1.29, 1.82) is 0 Å². The van der Waals surface area contributed by atoms with Crippen LogP contribution in [0.25, 0.3) is 0 Å². The van der Waals surface area contributed by atoms with Gasteiger partial charge in [-0.3, -0.25) is 4.79 Å². The predicted molar refractivity (Wildman–Crippen MR) is 95.4 cm³/mol. The lowest BCUT2D eigenvalue weighted by Gasteiger charge is -2.12. The number of amides is 1. The number of anilines is 1. The lowest BCUT2D eigenvalue weighted by molar-refractivity contribution is -0.116. The molecule has 0 spiro atoms. The predicted octanol–water partition coefficient (Wildman–Crippen LogP) is 4.36. The number of benzene rings is 2. The topological polar surface area (TPSA) is 55.1 Å². The minimum absolute atomic E-state index is 0.0402. The van der Waals surface area contributed by atoms with Gasteiger partial charge >= 0.3 is 0 Å². The summed E-state index contributed by atoms with van der Waals surface area (Å²) in [6.07, 6.45) is 0.995. The van der Waals surface area contributed by atoms with Gasteiger partial charge in [0.05, 0.1) is 5.69 Å². The van der Waals surface area contributed by atoms with Crippen molar-refractivity contribution in [3.8, 4) is 0 Å². The molecule has 0 aliphatic rings. The number of nitrogens with one attached hydrogen (secondary N) is 1. The van der Waals surface area contributed by atoms with Gasteiger partial charge in [-0.1, -0.05) is 41.9 Å². The molecule has 0 saturated heterocycles. The summed E-state index contributed by atoms with van der Waals surface area (Å²) in [6.45, 7) is 0. The average Bonchev–Trinajstić information content (AvgIpc) is 2.48. The van der Waals surface area contributed by atoms with Crippen molar-refractivity contribution >= 4 is 45.8 Å². The summed E-state index contributed by atoms with van der Waals surface area (Å²) in [5.41, 5.74) is 7.91. The van der Waals surface area contributed by atoms with Gasteiger partial charge in [0, 0.05) is 21.1 Å². The minimum Gasteiger partial charge on any atom is -0.325 e. The van der Waals surface area contributed by atoms with Crippen LogP contribution >= 0.6 is 34.2 Å². The molecule has 110 valence electrons. The van der Waals surface area contributed by atoms with Crippen LogP contribution in [-0.2, 0) is 4.79 Å². The van der Waals surface area contributed by atoms with Crippen LogP contribution < -0.4 is 11.1 Å². The molecule has 0 aliphatic carbocycles. The monoisotopic (exact) mass is 414 g/mol. The summed E-state index contributed by atoms with van der Waals surface area (Å²) in [6, 6.07) is 15.1. The van der Waals surface area contributed by atoms with E-state index < -0.39 is 0 Å². The molecule has 0 aromatic heterocycles. The molecule has 0 fully saturated rings. The molecule has 0 aliphatic heterocycles. The standard InChI is InChI=1S/C16H16ClIN2O/c17-12-6-8-15(13(18)10-12)20-16(21)9-7-14(19)11-4-2-1-3-5-11/h1-6,8,10,14H,7,9,19H2,(H,20,21). The Balaban J connectivity index is 1.87. The number of hydrogen-bond acceptors (Lipinski definition) is 2. The highest BCUT2D eigenvalue weighted by Gasteiger charge is 2.10. The zero-order chi connectivity index (χ0) is 15.2. The highest BCUT2D eigenvalue weighted by Crippen LogP contribution is 2.23. The number of carbonyl (C=O) groups is 1. The molecule has 1 unspecified atom stereocenters. The normalized spacial score (nSPS) is 12.0. The zero-order valence-electron chi connectivity index (χ0n) is 11.4. The van der Waals surface area contributed by atoms with Gasteiger partial charge in [-0.05, 0) is 52.8 Å². The Morgan fingerprint density at radius 1 is 1.24 bits per heavy atom. The highest BCUT2D eigenvalue weighted by atomic mass is 127. The second-order valence-corrected chi connectivity index (χ2v) is 6.33. The number of carbonyl (C=O) groups excluding carboxylic acids is 1. The van der Waals surface area contributed by atoms with Crippen molar-refractivity contribution in [2.45, 2.75) is 18.9 Å². The van der Waals surface area contributed by atoms with E-state index >= 15 is 0 Å². The first-order valence-corrected chi connectivity index (χ1v) is 8.07. The molecule has 0 radical (unpaired) electrons. The first kappa shape index (κ1) is 16.3. The summed E-state index contributed by atoms with van der Waals surface area (Å²) in [4.78, 5) is 12.0. The fourth-order valence-electron chi connectivity index (χ4n) is 1.96. The average molecular weight is 415 g/mol. The minimum atomic E-state index is -0.124. The molecule has 0 bridgehead atoms. The van der Waals surface area contributed by atoms with Crippen molar-refractivity contribution in [2.24, 2.45) is 5.73 Å². The van der Waals surface area contributed by atoms with E-state index in [1.165, 1.54) is 0 Å². The Kier molecular flexibility index (Phi) is 6.02. The number of rotatable bonds is 5. The maximum Gasteiger partial charge on any atom is 0.224 e. The molecular weight excluding hydrogens is 399 g/mol. The van der Waals surface area contributed by atoms with Gasteiger partial charge in [0.25, 0.3) is 0 Å². The Hall–Kier alpha value is -1.11. The van der Waals surface area contributed by atoms with Crippen LogP contribution in [0.3, 0.4) is 0 Å². The van der Waals surface area contributed by atoms with Gasteiger partial charge < -0.3 is 11.1 Å². The maximum atomic E-state index is 12.0. The van der Waals surface area contributed by atoms with Gasteiger partial charge in [0.1, 0.15) is 0 Å². The van der Waals surface area contributed by atoms with E-state index in [4.69, 9.17) is 17.3 Å². The second kappa shape index (κ2) is 7.77. The first-order chi connectivity index (χ1) is 10.1. The van der Waals surface area contributed by atoms with Crippen molar-refractivity contribution in [3.63, 3.8) is 0 Å². The Morgan fingerprint density at radius 3 is 2.62 bits per heavy atom. The molecule has 2 aromatic rings. The number of hydrogen-bond donors (Lipinski definition) is 2. The Labute approximate surface area is 143 Å². The van der Waals surface area contributed by atoms with E-state index in [0.717, 1.165) is 14.8 Å². The van der Waals surface area contributed by atoms with E-state index in [1.807, 2.05) is 36.4 Å². The molecule has 3 nitrogen and oxygen atoms in total. The Morgan fingerprint density at radius 2 is 1.95 bits per heavy atom. The molecule has 3 N–H and O–H groups in total.